The summed E-state index contributed by atoms with van der Waals surface area (Å²) in [6, 6.07) is -2.44. The maximum absolute atomic E-state index is 10.6. The van der Waals surface area contributed by atoms with E-state index in [4.69, 9.17) is 43.5 Å². The minimum atomic E-state index is -2.75. The number of hydrogen-bond donors (Lipinski definition) is 2. The lowest BCUT2D eigenvalue weighted by atomic mass is 10.1. The molecule has 0 saturated carbocycles. The van der Waals surface area contributed by atoms with Crippen molar-refractivity contribution in [3.05, 3.63) is 11.6 Å². The molecular formula is C7H9Cl3O4Si. The fourth-order valence-electron chi connectivity index (χ4n) is 0.869. The topological polar surface area (TPSA) is 74.6 Å². The monoisotopic (exact) mass is 290 g/mol. The lowest BCUT2D eigenvalue weighted by Crippen LogP contribution is -2.10. The molecular weight excluding hydrogens is 283 g/mol. The average molecular weight is 292 g/mol. The number of hydrogen-bond acceptors (Lipinski definition) is 2. The van der Waals surface area contributed by atoms with Gasteiger partial charge < -0.3 is 10.2 Å². The van der Waals surface area contributed by atoms with Crippen LogP contribution in [0.1, 0.15) is 12.8 Å². The summed E-state index contributed by atoms with van der Waals surface area (Å²) in [4.78, 5) is 20.8. The van der Waals surface area contributed by atoms with Gasteiger partial charge in [-0.1, -0.05) is 0 Å². The van der Waals surface area contributed by atoms with Crippen LogP contribution in [-0.4, -0.2) is 28.2 Å². The molecule has 0 aliphatic carbocycles. The second-order valence-corrected chi connectivity index (χ2v) is 12.1. The molecule has 0 bridgehead atoms. The largest absolute Gasteiger partial charge is 0.478 e. The van der Waals surface area contributed by atoms with Gasteiger partial charge in [0, 0.05) is 11.6 Å². The summed E-state index contributed by atoms with van der Waals surface area (Å²) in [6.45, 7) is 0. The minimum absolute atomic E-state index is 0.0859. The van der Waals surface area contributed by atoms with Crippen LogP contribution in [0.5, 0.6) is 0 Å². The Morgan fingerprint density at radius 3 is 2.07 bits per heavy atom. The van der Waals surface area contributed by atoms with Gasteiger partial charge in [0.2, 0.25) is 0 Å². The molecule has 0 amide bonds. The van der Waals surface area contributed by atoms with E-state index in [1.165, 1.54) is 0 Å². The van der Waals surface area contributed by atoms with Crippen molar-refractivity contribution >= 4 is 51.2 Å². The number of carbonyl (C=O) groups is 2. The van der Waals surface area contributed by atoms with Gasteiger partial charge in [-0.15, -0.1) is 33.2 Å². The van der Waals surface area contributed by atoms with E-state index in [9.17, 15) is 9.59 Å². The van der Waals surface area contributed by atoms with Crippen molar-refractivity contribution in [2.75, 3.05) is 0 Å². The van der Waals surface area contributed by atoms with Crippen molar-refractivity contribution in [2.45, 2.75) is 18.9 Å². The number of aliphatic carboxylic acids is 2. The Hall–Kier alpha value is -0.233. The number of carboxylic acid groups (broad SMARTS) is 2. The van der Waals surface area contributed by atoms with Gasteiger partial charge in [0.05, 0.1) is 0 Å². The number of carboxylic acids is 2. The number of rotatable bonds is 6. The first-order valence-electron chi connectivity index (χ1n) is 3.96. The quantitative estimate of drug-likeness (QED) is 0.448. The Kier molecular flexibility index (Phi) is 6.27. The molecule has 0 atom stereocenters. The van der Waals surface area contributed by atoms with Crippen LogP contribution in [0.2, 0.25) is 6.04 Å². The Morgan fingerprint density at radius 1 is 1.20 bits per heavy atom. The van der Waals surface area contributed by atoms with E-state index in [-0.39, 0.29) is 12.0 Å². The molecule has 15 heavy (non-hydrogen) atoms. The van der Waals surface area contributed by atoms with E-state index < -0.39 is 17.9 Å². The van der Waals surface area contributed by atoms with E-state index in [2.05, 4.69) is 0 Å². The van der Waals surface area contributed by atoms with Crippen LogP contribution in [0, 0.1) is 0 Å². The van der Waals surface area contributed by atoms with Gasteiger partial charge in [-0.25, -0.2) is 9.59 Å². The van der Waals surface area contributed by atoms with E-state index in [1.54, 1.807) is 0 Å². The van der Waals surface area contributed by atoms with Crippen molar-refractivity contribution in [2.24, 2.45) is 0 Å². The molecule has 4 nitrogen and oxygen atoms in total. The van der Waals surface area contributed by atoms with Gasteiger partial charge >= 0.3 is 17.9 Å². The van der Waals surface area contributed by atoms with Crippen LogP contribution in [-0.2, 0) is 9.59 Å². The summed E-state index contributed by atoms with van der Waals surface area (Å²) >= 11 is 16.8. The van der Waals surface area contributed by atoms with Gasteiger partial charge in [-0.3, -0.25) is 0 Å². The predicted octanol–water partition coefficient (Wildman–Crippen LogP) is 2.52. The van der Waals surface area contributed by atoms with Crippen molar-refractivity contribution in [3.8, 4) is 0 Å². The summed E-state index contributed by atoms with van der Waals surface area (Å²) in [5, 5.41) is 17.0. The van der Waals surface area contributed by atoms with Crippen LogP contribution in [0.4, 0.5) is 0 Å². The lowest BCUT2D eigenvalue weighted by Gasteiger charge is -2.06. The highest BCUT2D eigenvalue weighted by atomic mass is 35.8. The highest BCUT2D eigenvalue weighted by Gasteiger charge is 2.24. The minimum Gasteiger partial charge on any atom is -0.478 e. The summed E-state index contributed by atoms with van der Waals surface area (Å²) in [5.41, 5.74) is -0.189. The molecule has 86 valence electrons. The molecule has 0 spiro atoms. The van der Waals surface area contributed by atoms with E-state index in [1.807, 2.05) is 0 Å². The molecule has 0 saturated heterocycles. The second kappa shape index (κ2) is 6.37. The molecule has 0 radical (unpaired) electrons. The Bertz CT molecular complexity index is 284. The maximum Gasteiger partial charge on any atom is 0.341 e. The summed E-state index contributed by atoms with van der Waals surface area (Å²) in [7, 11) is 0. The van der Waals surface area contributed by atoms with Crippen LogP contribution in [0.3, 0.4) is 0 Å². The zero-order valence-electron chi connectivity index (χ0n) is 7.54. The molecule has 0 heterocycles. The van der Waals surface area contributed by atoms with Crippen LogP contribution < -0.4 is 0 Å². The maximum atomic E-state index is 10.6. The molecule has 0 aromatic rings. The normalized spacial score (nSPS) is 12.6. The first kappa shape index (κ1) is 14.8. The molecule has 0 aliphatic heterocycles. The van der Waals surface area contributed by atoms with E-state index in [0.717, 1.165) is 0 Å². The molecule has 0 aromatic carbocycles. The molecule has 0 fully saturated rings. The zero-order chi connectivity index (χ0) is 12.1. The molecule has 2 N–H and O–H groups in total. The van der Waals surface area contributed by atoms with Crippen molar-refractivity contribution < 1.29 is 19.8 Å². The highest BCUT2D eigenvalue weighted by Crippen LogP contribution is 2.27. The van der Waals surface area contributed by atoms with Crippen molar-refractivity contribution in [3.63, 3.8) is 0 Å². The number of halogens is 3. The summed E-state index contributed by atoms with van der Waals surface area (Å²) < 4.78 is 0. The second-order valence-electron chi connectivity index (χ2n) is 2.78. The third kappa shape index (κ3) is 8.74. The Labute approximate surface area is 102 Å². The van der Waals surface area contributed by atoms with Crippen LogP contribution in [0.25, 0.3) is 0 Å². The first-order valence-corrected chi connectivity index (χ1v) is 9.20. The van der Waals surface area contributed by atoms with Crippen LogP contribution in [0.15, 0.2) is 11.6 Å². The van der Waals surface area contributed by atoms with Gasteiger partial charge in [0.25, 0.3) is 0 Å². The van der Waals surface area contributed by atoms with Crippen LogP contribution >= 0.6 is 33.2 Å². The molecule has 0 rings (SSSR count). The SMILES string of the molecule is O=C(O)/C=C(/CCC[Si](Cl)(Cl)Cl)C(=O)O. The molecule has 0 aliphatic rings. The van der Waals surface area contributed by atoms with Gasteiger partial charge in [-0.05, 0) is 18.9 Å². The summed E-state index contributed by atoms with van der Waals surface area (Å²) in [5.74, 6) is -2.55. The van der Waals surface area contributed by atoms with Gasteiger partial charge in [-0.2, -0.15) is 0 Å². The van der Waals surface area contributed by atoms with Crippen molar-refractivity contribution in [1.29, 1.82) is 0 Å². The fourth-order valence-corrected chi connectivity index (χ4v) is 2.65. The predicted molar refractivity (Wildman–Crippen MR) is 60.7 cm³/mol. The molecule has 0 aromatic heterocycles. The highest BCUT2D eigenvalue weighted by molar-refractivity contribution is 7.64. The lowest BCUT2D eigenvalue weighted by molar-refractivity contribution is -0.135. The molecule has 8 heteroatoms. The van der Waals surface area contributed by atoms with E-state index in [0.29, 0.717) is 18.5 Å². The zero-order valence-corrected chi connectivity index (χ0v) is 10.8. The third-order valence-electron chi connectivity index (χ3n) is 1.48. The first-order chi connectivity index (χ1) is 6.72. The molecule has 0 unspecified atom stereocenters. The standard InChI is InChI=1S/C7H9Cl3O4Si/c8-15(9,10)3-1-2-5(7(13)14)4-6(11)12/h4H,1-3H2,(H,11,12)(H,13,14)/b5-4-. The Morgan fingerprint density at radius 2 is 1.73 bits per heavy atom. The van der Waals surface area contributed by atoms with E-state index >= 15 is 0 Å². The van der Waals surface area contributed by atoms with Gasteiger partial charge in [0.1, 0.15) is 0 Å². The average Bonchev–Trinajstić information content (AvgIpc) is 1.99. The fraction of sp³-hybridized carbons (Fsp3) is 0.429. The van der Waals surface area contributed by atoms with Crippen molar-refractivity contribution in [1.82, 2.24) is 0 Å². The summed E-state index contributed by atoms with van der Waals surface area (Å²) in [6.07, 6.45) is 1.10. The smallest absolute Gasteiger partial charge is 0.341 e. The van der Waals surface area contributed by atoms with Gasteiger partial charge in [0.15, 0.2) is 0 Å². The third-order valence-corrected chi connectivity index (χ3v) is 4.10. The Balaban J connectivity index is 4.22.